The number of halogens is 1. The normalized spacial score (nSPS) is 12.7. The smallest absolute Gasteiger partial charge is 0.141 e. The van der Waals surface area contributed by atoms with Crippen molar-refractivity contribution in [2.45, 2.75) is 19.8 Å². The molecule has 0 bridgehead atoms. The van der Waals surface area contributed by atoms with Gasteiger partial charge in [-0.3, -0.25) is 10.1 Å². The lowest BCUT2D eigenvalue weighted by Crippen LogP contribution is -2.18. The van der Waals surface area contributed by atoms with Crippen molar-refractivity contribution in [3.8, 4) is 0 Å². The summed E-state index contributed by atoms with van der Waals surface area (Å²) in [5, 5.41) is 13.2. The largest absolute Gasteiger partial charge is 0.359 e. The lowest BCUT2D eigenvalue weighted by Gasteiger charge is -2.16. The van der Waals surface area contributed by atoms with Gasteiger partial charge in [0.2, 0.25) is 0 Å². The molecular formula is C22H26FN7. The van der Waals surface area contributed by atoms with Crippen molar-refractivity contribution in [2.75, 3.05) is 28.6 Å². The minimum absolute atomic E-state index is 0.273. The maximum atomic E-state index is 12.1. The number of H-pyrrole nitrogens is 1. The van der Waals surface area contributed by atoms with Crippen molar-refractivity contribution < 1.29 is 4.39 Å². The van der Waals surface area contributed by atoms with Crippen molar-refractivity contribution in [3.05, 3.63) is 79.4 Å². The Labute approximate surface area is 175 Å². The first-order valence-corrected chi connectivity index (χ1v) is 9.72. The Morgan fingerprint density at radius 2 is 2.00 bits per heavy atom. The Kier molecular flexibility index (Phi) is 7.15. The maximum Gasteiger partial charge on any atom is 0.141 e. The van der Waals surface area contributed by atoms with Crippen LogP contribution in [0.1, 0.15) is 24.1 Å². The summed E-state index contributed by atoms with van der Waals surface area (Å²) in [7, 11) is 0. The Morgan fingerprint density at radius 1 is 1.20 bits per heavy atom. The van der Waals surface area contributed by atoms with E-state index in [9.17, 15) is 4.39 Å². The molecule has 1 fully saturated rings. The zero-order valence-corrected chi connectivity index (χ0v) is 17.0. The van der Waals surface area contributed by atoms with E-state index < -0.39 is 0 Å². The van der Waals surface area contributed by atoms with Crippen LogP contribution >= 0.6 is 0 Å². The monoisotopic (exact) mass is 407 g/mol. The molecule has 0 amide bonds. The second-order valence-corrected chi connectivity index (χ2v) is 6.89. The molecule has 0 aliphatic carbocycles. The number of nitrogens with zero attached hydrogens (tertiary/aromatic N) is 4. The molecule has 1 aliphatic rings. The molecule has 1 aliphatic heterocycles. The van der Waals surface area contributed by atoms with E-state index in [2.05, 4.69) is 48.9 Å². The Hall–Kier alpha value is -3.68. The summed E-state index contributed by atoms with van der Waals surface area (Å²) in [5.41, 5.74) is 4.09. The number of hydrogen-bond acceptors (Lipinski definition) is 6. The lowest BCUT2D eigenvalue weighted by atomic mass is 10.3. The van der Waals surface area contributed by atoms with Gasteiger partial charge in [-0.1, -0.05) is 13.2 Å². The van der Waals surface area contributed by atoms with Crippen molar-refractivity contribution in [2.24, 2.45) is 0 Å². The zero-order valence-electron chi connectivity index (χ0n) is 17.0. The van der Waals surface area contributed by atoms with E-state index in [0.29, 0.717) is 0 Å². The fourth-order valence-electron chi connectivity index (χ4n) is 3.08. The van der Waals surface area contributed by atoms with E-state index in [1.54, 1.807) is 25.5 Å². The molecule has 0 radical (unpaired) electrons. The van der Waals surface area contributed by atoms with E-state index in [4.69, 9.17) is 0 Å². The first-order chi connectivity index (χ1) is 14.6. The summed E-state index contributed by atoms with van der Waals surface area (Å²) >= 11 is 0. The highest BCUT2D eigenvalue weighted by Gasteiger charge is 2.13. The molecular weight excluding hydrogens is 381 g/mol. The fourth-order valence-corrected chi connectivity index (χ4v) is 3.08. The Morgan fingerprint density at radius 3 is 2.60 bits per heavy atom. The summed E-state index contributed by atoms with van der Waals surface area (Å²) in [6.07, 6.45) is 10.4. The second kappa shape index (κ2) is 10.2. The molecule has 0 unspecified atom stereocenters. The molecule has 0 spiro atoms. The standard InChI is InChI=1S/C16H20N6.C6H6FN/c1-3-17-14-11-19-21-16(14)12(2)20-13-6-7-15(18-10-13)22-8-4-5-9-22;1-5-2-6(7)4-8-3-5/h3,6-7,10-11,17,20H,1-2,4-5,8-9H2,(H,19,21);2-4H,1H3. The summed E-state index contributed by atoms with van der Waals surface area (Å²) in [4.78, 5) is 10.4. The summed E-state index contributed by atoms with van der Waals surface area (Å²) in [5.74, 6) is 0.759. The first-order valence-electron chi connectivity index (χ1n) is 9.72. The van der Waals surface area contributed by atoms with Gasteiger partial charge in [0.1, 0.15) is 17.3 Å². The van der Waals surface area contributed by atoms with Gasteiger partial charge in [-0.2, -0.15) is 5.10 Å². The van der Waals surface area contributed by atoms with Gasteiger partial charge in [0, 0.05) is 19.3 Å². The summed E-state index contributed by atoms with van der Waals surface area (Å²) in [6.45, 7) is 11.7. The Bertz CT molecular complexity index is 958. The van der Waals surface area contributed by atoms with E-state index in [-0.39, 0.29) is 5.82 Å². The van der Waals surface area contributed by atoms with Crippen LogP contribution in [0.15, 0.2) is 62.3 Å². The average molecular weight is 407 g/mol. The molecule has 30 heavy (non-hydrogen) atoms. The highest BCUT2D eigenvalue weighted by molar-refractivity contribution is 5.79. The topological polar surface area (TPSA) is 81.8 Å². The van der Waals surface area contributed by atoms with E-state index in [1.807, 2.05) is 18.3 Å². The number of aromatic amines is 1. The maximum absolute atomic E-state index is 12.1. The minimum atomic E-state index is -0.273. The lowest BCUT2D eigenvalue weighted by molar-refractivity contribution is 0.620. The van der Waals surface area contributed by atoms with Crippen LogP contribution in [0, 0.1) is 12.7 Å². The Balaban J connectivity index is 0.000000269. The van der Waals surface area contributed by atoms with Crippen LogP contribution in [0.5, 0.6) is 0 Å². The molecule has 7 nitrogen and oxygen atoms in total. The molecule has 8 heteroatoms. The molecule has 4 heterocycles. The van der Waals surface area contributed by atoms with Gasteiger partial charge < -0.3 is 15.5 Å². The zero-order chi connectivity index (χ0) is 21.3. The summed E-state index contributed by atoms with van der Waals surface area (Å²) in [6, 6.07) is 5.49. The van der Waals surface area contributed by atoms with Gasteiger partial charge >= 0.3 is 0 Å². The molecule has 1 saturated heterocycles. The molecule has 0 aromatic carbocycles. The molecule has 0 atom stereocenters. The van der Waals surface area contributed by atoms with Gasteiger partial charge in [0.05, 0.1) is 35.7 Å². The number of aryl methyl sites for hydroxylation is 1. The van der Waals surface area contributed by atoms with Crippen LogP contribution in [0.3, 0.4) is 0 Å². The average Bonchev–Trinajstić information content (AvgIpc) is 3.41. The number of nitrogens with one attached hydrogen (secondary N) is 3. The third-order valence-electron chi connectivity index (χ3n) is 4.51. The quantitative estimate of drug-likeness (QED) is 0.555. The van der Waals surface area contributed by atoms with Crippen LogP contribution in [-0.4, -0.2) is 33.3 Å². The van der Waals surface area contributed by atoms with E-state index in [0.717, 1.165) is 47.2 Å². The van der Waals surface area contributed by atoms with Crippen LogP contribution in [0.4, 0.5) is 21.6 Å². The van der Waals surface area contributed by atoms with Crippen LogP contribution < -0.4 is 15.5 Å². The number of rotatable bonds is 6. The summed E-state index contributed by atoms with van der Waals surface area (Å²) < 4.78 is 12.1. The van der Waals surface area contributed by atoms with Gasteiger partial charge in [0.15, 0.2) is 0 Å². The number of hydrogen-bond donors (Lipinski definition) is 3. The molecule has 0 saturated carbocycles. The van der Waals surface area contributed by atoms with Crippen LogP contribution in [0.25, 0.3) is 5.70 Å². The van der Waals surface area contributed by atoms with E-state index >= 15 is 0 Å². The second-order valence-electron chi connectivity index (χ2n) is 6.89. The third-order valence-corrected chi connectivity index (χ3v) is 4.51. The molecule has 3 N–H and O–H groups in total. The fraction of sp³-hybridized carbons (Fsp3) is 0.227. The predicted octanol–water partition coefficient (Wildman–Crippen LogP) is 4.57. The van der Waals surface area contributed by atoms with Crippen molar-refractivity contribution in [3.63, 3.8) is 0 Å². The minimum Gasteiger partial charge on any atom is -0.359 e. The van der Waals surface area contributed by atoms with Gasteiger partial charge in [-0.05, 0) is 49.7 Å². The van der Waals surface area contributed by atoms with Crippen molar-refractivity contribution in [1.29, 1.82) is 0 Å². The highest BCUT2D eigenvalue weighted by atomic mass is 19.1. The number of pyridine rings is 2. The number of anilines is 3. The van der Waals surface area contributed by atoms with E-state index in [1.165, 1.54) is 25.1 Å². The molecule has 4 rings (SSSR count). The van der Waals surface area contributed by atoms with Crippen LogP contribution in [0.2, 0.25) is 0 Å². The predicted molar refractivity (Wildman–Crippen MR) is 120 cm³/mol. The first kappa shape index (κ1) is 21.0. The third kappa shape index (κ3) is 5.66. The van der Waals surface area contributed by atoms with Crippen molar-refractivity contribution >= 4 is 22.9 Å². The van der Waals surface area contributed by atoms with Crippen molar-refractivity contribution in [1.82, 2.24) is 20.2 Å². The van der Waals surface area contributed by atoms with Gasteiger partial charge in [-0.15, -0.1) is 0 Å². The molecule has 156 valence electrons. The molecule has 3 aromatic rings. The molecule has 3 aromatic heterocycles. The highest BCUT2D eigenvalue weighted by Crippen LogP contribution is 2.23. The SMILES string of the molecule is C=CNc1cn[nH]c1C(=C)Nc1ccc(N2CCCC2)nc1.Cc1cncc(F)c1. The number of aromatic nitrogens is 4. The van der Waals surface area contributed by atoms with Crippen LogP contribution in [-0.2, 0) is 0 Å². The van der Waals surface area contributed by atoms with Gasteiger partial charge in [0.25, 0.3) is 0 Å². The van der Waals surface area contributed by atoms with Gasteiger partial charge in [-0.25, -0.2) is 9.37 Å².